The quantitative estimate of drug-likeness (QED) is 0.749. The Morgan fingerprint density at radius 3 is 2.38 bits per heavy atom. The van der Waals surface area contributed by atoms with E-state index in [9.17, 15) is 19.8 Å². The zero-order valence-electron chi connectivity index (χ0n) is 12.1. The normalized spacial score (nSPS) is 13.5. The third-order valence-corrected chi connectivity index (χ3v) is 3.69. The topological polar surface area (TPSA) is 83.8 Å². The monoisotopic (exact) mass is 312 g/mol. The summed E-state index contributed by atoms with van der Waals surface area (Å²) in [6.07, 6.45) is -1.69. The summed E-state index contributed by atoms with van der Waals surface area (Å²) in [6.45, 7) is 3.49. The Hall–Kier alpha value is -1.37. The number of esters is 1. The fraction of sp³-hybridized carbons (Fsp3) is 0.467. The molecule has 2 atom stereocenters. The van der Waals surface area contributed by atoms with E-state index in [4.69, 9.17) is 4.74 Å². The molecule has 0 spiro atoms. The zero-order valence-corrected chi connectivity index (χ0v) is 12.9. The molecule has 0 heterocycles. The minimum absolute atomic E-state index is 0.0181. The van der Waals surface area contributed by atoms with Gasteiger partial charge in [0.1, 0.15) is 6.10 Å². The highest BCUT2D eigenvalue weighted by Crippen LogP contribution is 2.21. The molecule has 5 nitrogen and oxygen atoms in total. The second-order valence-electron chi connectivity index (χ2n) is 4.48. The van der Waals surface area contributed by atoms with Gasteiger partial charge >= 0.3 is 5.97 Å². The Morgan fingerprint density at radius 1 is 1.24 bits per heavy atom. The molecule has 2 N–H and O–H groups in total. The maximum absolute atomic E-state index is 11.5. The van der Waals surface area contributed by atoms with E-state index in [-0.39, 0.29) is 5.12 Å². The lowest BCUT2D eigenvalue weighted by molar-refractivity contribution is -0.109. The third-order valence-electron chi connectivity index (χ3n) is 2.85. The highest BCUT2D eigenvalue weighted by atomic mass is 32.2. The van der Waals surface area contributed by atoms with Gasteiger partial charge in [0.05, 0.1) is 18.3 Å². The Labute approximate surface area is 128 Å². The average molecular weight is 312 g/mol. The van der Waals surface area contributed by atoms with Crippen molar-refractivity contribution >= 4 is 22.8 Å². The molecule has 21 heavy (non-hydrogen) atoms. The van der Waals surface area contributed by atoms with Crippen molar-refractivity contribution in [1.29, 1.82) is 0 Å². The van der Waals surface area contributed by atoms with Crippen molar-refractivity contribution in [3.8, 4) is 0 Å². The predicted molar refractivity (Wildman–Crippen MR) is 81.1 cm³/mol. The molecule has 0 aromatic heterocycles. The molecule has 2 unspecified atom stereocenters. The van der Waals surface area contributed by atoms with Crippen LogP contribution in [-0.4, -0.2) is 39.8 Å². The second-order valence-corrected chi connectivity index (χ2v) is 5.76. The highest BCUT2D eigenvalue weighted by molar-refractivity contribution is 8.13. The molecule has 6 heteroatoms. The molecule has 1 aromatic rings. The second kappa shape index (κ2) is 8.81. The maximum atomic E-state index is 11.5. The van der Waals surface area contributed by atoms with E-state index in [1.54, 1.807) is 31.2 Å². The van der Waals surface area contributed by atoms with Crippen LogP contribution in [0.2, 0.25) is 0 Å². The molecule has 0 fully saturated rings. The molecule has 0 saturated heterocycles. The van der Waals surface area contributed by atoms with Crippen LogP contribution >= 0.6 is 11.8 Å². The predicted octanol–water partition coefficient (Wildman–Crippen LogP) is 1.93. The van der Waals surface area contributed by atoms with Crippen molar-refractivity contribution in [2.24, 2.45) is 0 Å². The van der Waals surface area contributed by atoms with Gasteiger partial charge in [0.2, 0.25) is 0 Å². The van der Waals surface area contributed by atoms with Crippen LogP contribution in [0.5, 0.6) is 0 Å². The number of hydrogen-bond donors (Lipinski definition) is 2. The number of rotatable bonds is 7. The van der Waals surface area contributed by atoms with Crippen molar-refractivity contribution in [2.75, 3.05) is 12.4 Å². The number of aliphatic hydroxyl groups excluding tert-OH is 2. The van der Waals surface area contributed by atoms with E-state index in [2.05, 4.69) is 0 Å². The van der Waals surface area contributed by atoms with E-state index in [0.29, 0.717) is 29.9 Å². The van der Waals surface area contributed by atoms with Gasteiger partial charge in [-0.15, -0.1) is 0 Å². The van der Waals surface area contributed by atoms with Crippen LogP contribution in [0.15, 0.2) is 24.3 Å². The number of hydrogen-bond acceptors (Lipinski definition) is 6. The van der Waals surface area contributed by atoms with Gasteiger partial charge in [-0.25, -0.2) is 4.79 Å². The Balaban J connectivity index is 2.59. The van der Waals surface area contributed by atoms with E-state index in [1.807, 2.05) is 0 Å². The van der Waals surface area contributed by atoms with Gasteiger partial charge in [-0.3, -0.25) is 4.79 Å². The summed E-state index contributed by atoms with van der Waals surface area (Å²) in [4.78, 5) is 22.3. The number of benzene rings is 1. The largest absolute Gasteiger partial charge is 0.462 e. The van der Waals surface area contributed by atoms with Crippen molar-refractivity contribution in [3.63, 3.8) is 0 Å². The minimum atomic E-state index is -1.05. The molecule has 0 aliphatic heterocycles. The molecule has 0 aliphatic rings. The molecule has 1 rings (SSSR count). The first-order chi connectivity index (χ1) is 9.95. The first kappa shape index (κ1) is 17.7. The molecule has 116 valence electrons. The van der Waals surface area contributed by atoms with Gasteiger partial charge in [0.15, 0.2) is 5.12 Å². The molecule has 0 radical (unpaired) electrons. The van der Waals surface area contributed by atoms with Crippen molar-refractivity contribution < 1.29 is 24.5 Å². The van der Waals surface area contributed by atoms with Crippen molar-refractivity contribution in [2.45, 2.75) is 32.5 Å². The Morgan fingerprint density at radius 2 is 1.86 bits per heavy atom. The summed E-state index contributed by atoms with van der Waals surface area (Å²) in [7, 11) is 0. The highest BCUT2D eigenvalue weighted by Gasteiger charge is 2.19. The number of carbonyl (C=O) groups is 2. The zero-order chi connectivity index (χ0) is 15.8. The fourth-order valence-electron chi connectivity index (χ4n) is 1.73. The summed E-state index contributed by atoms with van der Waals surface area (Å²) in [5, 5.41) is 19.9. The summed E-state index contributed by atoms with van der Waals surface area (Å²) >= 11 is 1.11. The Bertz CT molecular complexity index is 471. The number of carbonyl (C=O) groups excluding carboxylic acids is 2. The van der Waals surface area contributed by atoms with Gasteiger partial charge in [-0.2, -0.15) is 0 Å². The standard InChI is InChI=1S/C15H20O5S/c1-3-20-15(19)12-6-4-11(5-7-12)14(18)13(17)8-9-21-10(2)16/h4-7,13-14,17-18H,3,8-9H2,1-2H3. The van der Waals surface area contributed by atoms with Crippen LogP contribution < -0.4 is 0 Å². The van der Waals surface area contributed by atoms with Gasteiger partial charge in [-0.05, 0) is 31.0 Å². The maximum Gasteiger partial charge on any atom is 0.338 e. The van der Waals surface area contributed by atoms with Crippen molar-refractivity contribution in [1.82, 2.24) is 0 Å². The van der Waals surface area contributed by atoms with E-state index < -0.39 is 18.2 Å². The lowest BCUT2D eigenvalue weighted by Gasteiger charge is -2.18. The molecular formula is C15H20O5S. The SMILES string of the molecule is CCOC(=O)c1ccc(C(O)C(O)CCSC(C)=O)cc1. The first-order valence-corrected chi connectivity index (χ1v) is 7.70. The van der Waals surface area contributed by atoms with Crippen LogP contribution in [0.3, 0.4) is 0 Å². The smallest absolute Gasteiger partial charge is 0.338 e. The van der Waals surface area contributed by atoms with Gasteiger partial charge in [0, 0.05) is 12.7 Å². The molecule has 0 bridgehead atoms. The summed E-state index contributed by atoms with van der Waals surface area (Å²) in [5.74, 6) is 0.0334. The number of thioether (sulfide) groups is 1. The van der Waals surface area contributed by atoms with E-state index in [0.717, 1.165) is 11.8 Å². The Kier molecular flexibility index (Phi) is 7.42. The number of ether oxygens (including phenoxy) is 1. The molecule has 0 amide bonds. The van der Waals surface area contributed by atoms with Gasteiger partial charge in [0.25, 0.3) is 0 Å². The van der Waals surface area contributed by atoms with Crippen LogP contribution in [0, 0.1) is 0 Å². The van der Waals surface area contributed by atoms with Crippen LogP contribution in [0.4, 0.5) is 0 Å². The lowest BCUT2D eigenvalue weighted by Crippen LogP contribution is -2.19. The summed E-state index contributed by atoms with van der Waals surface area (Å²) in [6, 6.07) is 6.26. The fourth-order valence-corrected chi connectivity index (χ4v) is 2.38. The van der Waals surface area contributed by atoms with E-state index >= 15 is 0 Å². The van der Waals surface area contributed by atoms with Crippen molar-refractivity contribution in [3.05, 3.63) is 35.4 Å². The number of aliphatic hydroxyl groups is 2. The van der Waals surface area contributed by atoms with Crippen LogP contribution in [0.25, 0.3) is 0 Å². The van der Waals surface area contributed by atoms with Crippen LogP contribution in [-0.2, 0) is 9.53 Å². The molecule has 0 aliphatic carbocycles. The molecule has 1 aromatic carbocycles. The lowest BCUT2D eigenvalue weighted by atomic mass is 10.0. The molecule has 0 saturated carbocycles. The average Bonchev–Trinajstić information content (AvgIpc) is 2.46. The molecular weight excluding hydrogens is 292 g/mol. The third kappa shape index (κ3) is 5.87. The summed E-state index contributed by atoms with van der Waals surface area (Å²) in [5.41, 5.74) is 0.915. The van der Waals surface area contributed by atoms with Gasteiger partial charge in [-0.1, -0.05) is 23.9 Å². The minimum Gasteiger partial charge on any atom is -0.462 e. The van der Waals surface area contributed by atoms with E-state index in [1.165, 1.54) is 6.92 Å². The van der Waals surface area contributed by atoms with Crippen LogP contribution in [0.1, 0.15) is 42.3 Å². The van der Waals surface area contributed by atoms with Gasteiger partial charge < -0.3 is 14.9 Å². The first-order valence-electron chi connectivity index (χ1n) is 6.72. The summed E-state index contributed by atoms with van der Waals surface area (Å²) < 4.78 is 4.87.